The number of hydrogen-bond acceptors (Lipinski definition) is 2. The Morgan fingerprint density at radius 2 is 1.83 bits per heavy atom. The number of halogens is 1. The number of nitrogens with zero attached hydrogens (tertiary/aromatic N) is 1. The predicted molar refractivity (Wildman–Crippen MR) is 95.6 cm³/mol. The van der Waals surface area contributed by atoms with Gasteiger partial charge in [-0.1, -0.05) is 23.7 Å². The number of aromatic nitrogens is 1. The number of nitrogens with one attached hydrogen (secondary N) is 1. The highest BCUT2D eigenvalue weighted by molar-refractivity contribution is 7.92. The number of anilines is 1. The van der Waals surface area contributed by atoms with Crippen LogP contribution in [0.1, 0.15) is 11.1 Å². The van der Waals surface area contributed by atoms with E-state index in [4.69, 9.17) is 11.6 Å². The fourth-order valence-electron chi connectivity index (χ4n) is 2.71. The van der Waals surface area contributed by atoms with E-state index in [1.165, 1.54) is 0 Å². The van der Waals surface area contributed by atoms with Gasteiger partial charge in [0.2, 0.25) is 10.0 Å². The first-order valence-corrected chi connectivity index (χ1v) is 9.39. The molecule has 0 amide bonds. The molecule has 0 saturated heterocycles. The van der Waals surface area contributed by atoms with Crippen LogP contribution in [0.25, 0.3) is 10.9 Å². The molecule has 0 spiro atoms. The lowest BCUT2D eigenvalue weighted by atomic mass is 10.0. The van der Waals surface area contributed by atoms with Crippen molar-refractivity contribution in [1.29, 1.82) is 0 Å². The van der Waals surface area contributed by atoms with Crippen LogP contribution in [0.15, 0.2) is 48.7 Å². The molecule has 0 aliphatic heterocycles. The quantitative estimate of drug-likeness (QED) is 0.779. The van der Waals surface area contributed by atoms with E-state index in [0.717, 1.165) is 34.7 Å². The van der Waals surface area contributed by atoms with Crippen LogP contribution in [0.4, 0.5) is 5.69 Å². The molecule has 0 radical (unpaired) electrons. The van der Waals surface area contributed by atoms with Crippen molar-refractivity contribution in [3.05, 3.63) is 64.8 Å². The smallest absolute Gasteiger partial charge is 0.229 e. The molecule has 1 N–H and O–H groups in total. The minimum atomic E-state index is -3.29. The minimum absolute atomic E-state index is 0.573. The van der Waals surface area contributed by atoms with E-state index in [0.29, 0.717) is 10.7 Å². The Morgan fingerprint density at radius 1 is 1.13 bits per heavy atom. The number of sulfonamides is 1. The van der Waals surface area contributed by atoms with Gasteiger partial charge in [0.25, 0.3) is 0 Å². The highest BCUT2D eigenvalue weighted by Gasteiger charge is 2.10. The summed E-state index contributed by atoms with van der Waals surface area (Å²) in [5, 5.41) is 1.75. The molecule has 0 aliphatic rings. The lowest BCUT2D eigenvalue weighted by molar-refractivity contribution is 0.607. The Balaban J connectivity index is 2.02. The first-order chi connectivity index (χ1) is 10.8. The molecule has 0 saturated carbocycles. The molecular formula is C17H17ClN2O2S. The summed E-state index contributed by atoms with van der Waals surface area (Å²) in [6.45, 7) is 0. The van der Waals surface area contributed by atoms with Gasteiger partial charge < -0.3 is 4.57 Å². The molecule has 0 atom stereocenters. The Kier molecular flexibility index (Phi) is 4.08. The monoisotopic (exact) mass is 348 g/mol. The molecular weight excluding hydrogens is 332 g/mol. The number of aryl methyl sites for hydroxylation is 1. The van der Waals surface area contributed by atoms with Gasteiger partial charge in [-0.05, 0) is 47.9 Å². The van der Waals surface area contributed by atoms with Gasteiger partial charge in [-0.2, -0.15) is 0 Å². The van der Waals surface area contributed by atoms with Gasteiger partial charge in [-0.15, -0.1) is 0 Å². The second-order valence-electron chi connectivity index (χ2n) is 5.67. The van der Waals surface area contributed by atoms with E-state index in [-0.39, 0.29) is 0 Å². The number of rotatable bonds is 4. The van der Waals surface area contributed by atoms with Crippen LogP contribution < -0.4 is 4.72 Å². The van der Waals surface area contributed by atoms with Gasteiger partial charge >= 0.3 is 0 Å². The lowest BCUT2D eigenvalue weighted by Gasteiger charge is -2.05. The van der Waals surface area contributed by atoms with Crippen molar-refractivity contribution >= 4 is 38.2 Å². The Labute approximate surface area is 140 Å². The molecule has 2 aromatic carbocycles. The Morgan fingerprint density at radius 3 is 2.48 bits per heavy atom. The Hall–Kier alpha value is -1.98. The Bertz CT molecular complexity index is 960. The van der Waals surface area contributed by atoms with Gasteiger partial charge in [0, 0.05) is 34.9 Å². The van der Waals surface area contributed by atoms with E-state index >= 15 is 0 Å². The largest absolute Gasteiger partial charge is 0.350 e. The summed E-state index contributed by atoms with van der Waals surface area (Å²) in [6, 6.07) is 13.3. The third-order valence-electron chi connectivity index (χ3n) is 3.68. The summed E-state index contributed by atoms with van der Waals surface area (Å²) in [5.41, 5.74) is 3.93. The summed E-state index contributed by atoms with van der Waals surface area (Å²) in [6.07, 6.45) is 3.98. The van der Waals surface area contributed by atoms with Gasteiger partial charge in [-0.3, -0.25) is 4.72 Å². The zero-order valence-corrected chi connectivity index (χ0v) is 14.4. The van der Waals surface area contributed by atoms with Crippen molar-refractivity contribution < 1.29 is 8.42 Å². The first kappa shape index (κ1) is 15.9. The first-order valence-electron chi connectivity index (χ1n) is 7.12. The maximum Gasteiger partial charge on any atom is 0.229 e. The molecule has 1 aromatic heterocycles. The van der Waals surface area contributed by atoms with Crippen molar-refractivity contribution in [2.45, 2.75) is 6.42 Å². The van der Waals surface area contributed by atoms with E-state index in [1.807, 2.05) is 48.0 Å². The van der Waals surface area contributed by atoms with Gasteiger partial charge in [0.05, 0.1) is 6.26 Å². The second kappa shape index (κ2) is 5.91. The van der Waals surface area contributed by atoms with Crippen LogP contribution >= 0.6 is 11.6 Å². The highest BCUT2D eigenvalue weighted by atomic mass is 35.5. The number of fused-ring (bicyclic) bond motifs is 1. The summed E-state index contributed by atoms with van der Waals surface area (Å²) < 4.78 is 27.4. The van der Waals surface area contributed by atoms with Crippen molar-refractivity contribution in [2.75, 3.05) is 11.0 Å². The van der Waals surface area contributed by atoms with E-state index in [9.17, 15) is 8.42 Å². The maximum atomic E-state index is 11.4. The molecule has 120 valence electrons. The van der Waals surface area contributed by atoms with Crippen LogP contribution in [0.5, 0.6) is 0 Å². The van der Waals surface area contributed by atoms with E-state index in [1.54, 1.807) is 6.07 Å². The van der Waals surface area contributed by atoms with E-state index in [2.05, 4.69) is 10.9 Å². The molecule has 6 heteroatoms. The SMILES string of the molecule is Cn1cc(Cc2ccc(Cl)cc2)c2cc(NS(C)(=O)=O)ccc21. The maximum absolute atomic E-state index is 11.4. The molecule has 0 bridgehead atoms. The van der Waals surface area contributed by atoms with Crippen molar-refractivity contribution in [1.82, 2.24) is 4.57 Å². The van der Waals surface area contributed by atoms with Crippen LogP contribution in [0, 0.1) is 0 Å². The molecule has 0 fully saturated rings. The second-order valence-corrected chi connectivity index (χ2v) is 7.86. The molecule has 3 rings (SSSR count). The lowest BCUT2D eigenvalue weighted by Crippen LogP contribution is -2.09. The van der Waals surface area contributed by atoms with Crippen LogP contribution in [0.2, 0.25) is 5.02 Å². The van der Waals surface area contributed by atoms with Gasteiger partial charge in [0.15, 0.2) is 0 Å². The molecule has 23 heavy (non-hydrogen) atoms. The molecule has 1 heterocycles. The zero-order valence-electron chi connectivity index (χ0n) is 12.9. The molecule has 3 aromatic rings. The average molecular weight is 349 g/mol. The average Bonchev–Trinajstić information content (AvgIpc) is 2.76. The van der Waals surface area contributed by atoms with Crippen molar-refractivity contribution in [3.63, 3.8) is 0 Å². The normalized spacial score (nSPS) is 11.8. The topological polar surface area (TPSA) is 51.1 Å². The molecule has 0 aliphatic carbocycles. The summed E-state index contributed by atoms with van der Waals surface area (Å²) in [4.78, 5) is 0. The zero-order chi connectivity index (χ0) is 16.6. The van der Waals surface area contributed by atoms with Crippen LogP contribution in [-0.2, 0) is 23.5 Å². The third-order valence-corrected chi connectivity index (χ3v) is 4.54. The van der Waals surface area contributed by atoms with Gasteiger partial charge in [0.1, 0.15) is 0 Å². The van der Waals surface area contributed by atoms with Crippen molar-refractivity contribution in [3.8, 4) is 0 Å². The predicted octanol–water partition coefficient (Wildman–Crippen LogP) is 3.79. The standard InChI is InChI=1S/C17H17ClN2O2S/c1-20-11-13(9-12-3-5-14(18)6-4-12)16-10-15(7-8-17(16)20)19-23(2,21)22/h3-8,10-11,19H,9H2,1-2H3. The minimum Gasteiger partial charge on any atom is -0.350 e. The summed E-state index contributed by atoms with van der Waals surface area (Å²) in [7, 11) is -1.30. The molecule has 4 nitrogen and oxygen atoms in total. The number of hydrogen-bond donors (Lipinski definition) is 1. The summed E-state index contributed by atoms with van der Waals surface area (Å²) in [5.74, 6) is 0. The number of benzene rings is 2. The van der Waals surface area contributed by atoms with Crippen LogP contribution in [0.3, 0.4) is 0 Å². The fraction of sp³-hybridized carbons (Fsp3) is 0.176. The van der Waals surface area contributed by atoms with E-state index < -0.39 is 10.0 Å². The van der Waals surface area contributed by atoms with Gasteiger partial charge in [-0.25, -0.2) is 8.42 Å². The third kappa shape index (κ3) is 3.68. The van der Waals surface area contributed by atoms with Crippen LogP contribution in [-0.4, -0.2) is 19.2 Å². The fourth-order valence-corrected chi connectivity index (χ4v) is 3.40. The van der Waals surface area contributed by atoms with Crippen molar-refractivity contribution in [2.24, 2.45) is 7.05 Å². The molecule has 0 unspecified atom stereocenters. The highest BCUT2D eigenvalue weighted by Crippen LogP contribution is 2.27. The summed E-state index contributed by atoms with van der Waals surface area (Å²) >= 11 is 5.93.